The number of benzene rings is 2. The molecule has 1 aromatic heterocycles. The van der Waals surface area contributed by atoms with Crippen LogP contribution < -0.4 is 5.32 Å². The second-order valence-electron chi connectivity index (χ2n) is 5.15. The quantitative estimate of drug-likeness (QED) is 0.654. The molecule has 0 spiro atoms. The highest BCUT2D eigenvalue weighted by atomic mass is 35.5. The fourth-order valence-electron chi connectivity index (χ4n) is 2.15. The number of amides is 1. The van der Waals surface area contributed by atoms with Gasteiger partial charge in [-0.15, -0.1) is 0 Å². The van der Waals surface area contributed by atoms with E-state index in [9.17, 15) is 22.8 Å². The SMILES string of the molecule is O=C(O)c1ccc2nc(NC(=O)c3cc(C(F)(F)F)ccc3Cl)sc2c1. The van der Waals surface area contributed by atoms with Crippen molar-refractivity contribution in [3.63, 3.8) is 0 Å². The van der Waals surface area contributed by atoms with Gasteiger partial charge in [-0.25, -0.2) is 9.78 Å². The lowest BCUT2D eigenvalue weighted by Crippen LogP contribution is -2.14. The molecule has 0 unspecified atom stereocenters. The van der Waals surface area contributed by atoms with Crippen molar-refractivity contribution in [2.24, 2.45) is 0 Å². The van der Waals surface area contributed by atoms with Gasteiger partial charge in [-0.2, -0.15) is 13.2 Å². The molecule has 1 heterocycles. The molecule has 0 aliphatic rings. The predicted octanol–water partition coefficient (Wildman–Crippen LogP) is 4.92. The number of hydrogen-bond donors (Lipinski definition) is 2. The Morgan fingerprint density at radius 3 is 2.54 bits per heavy atom. The standard InChI is InChI=1S/C16H8ClF3N2O3S/c17-10-3-2-8(16(18,19)20)6-9(10)13(23)22-15-21-11-4-1-7(14(24)25)5-12(11)26-15/h1-6H,(H,24,25)(H,21,22,23). The Morgan fingerprint density at radius 2 is 1.88 bits per heavy atom. The third-order valence-corrected chi connectivity index (χ3v) is 4.66. The number of aromatic nitrogens is 1. The fraction of sp³-hybridized carbons (Fsp3) is 0.0625. The first-order valence-electron chi connectivity index (χ1n) is 6.97. The molecule has 26 heavy (non-hydrogen) atoms. The summed E-state index contributed by atoms with van der Waals surface area (Å²) in [5.41, 5.74) is -0.834. The van der Waals surface area contributed by atoms with Gasteiger partial charge in [0.05, 0.1) is 31.9 Å². The predicted molar refractivity (Wildman–Crippen MR) is 91.0 cm³/mol. The summed E-state index contributed by atoms with van der Waals surface area (Å²) in [5.74, 6) is -1.96. The molecule has 0 aliphatic heterocycles. The van der Waals surface area contributed by atoms with Gasteiger partial charge in [-0.1, -0.05) is 22.9 Å². The monoisotopic (exact) mass is 400 g/mol. The van der Waals surface area contributed by atoms with E-state index < -0.39 is 23.6 Å². The minimum atomic E-state index is -4.61. The van der Waals surface area contributed by atoms with Gasteiger partial charge >= 0.3 is 12.1 Å². The number of rotatable bonds is 3. The number of carbonyl (C=O) groups excluding carboxylic acids is 1. The Morgan fingerprint density at radius 1 is 1.15 bits per heavy atom. The lowest BCUT2D eigenvalue weighted by molar-refractivity contribution is -0.137. The Labute approximate surface area is 153 Å². The van der Waals surface area contributed by atoms with Crippen LogP contribution in [-0.4, -0.2) is 22.0 Å². The van der Waals surface area contributed by atoms with Crippen LogP contribution in [0.25, 0.3) is 10.2 Å². The molecule has 0 radical (unpaired) electrons. The first-order chi connectivity index (χ1) is 12.1. The van der Waals surface area contributed by atoms with Crippen molar-refractivity contribution in [1.82, 2.24) is 4.98 Å². The summed E-state index contributed by atoms with van der Waals surface area (Å²) in [6.45, 7) is 0. The van der Waals surface area contributed by atoms with Crippen molar-refractivity contribution in [3.05, 3.63) is 58.1 Å². The number of alkyl halides is 3. The first kappa shape index (κ1) is 18.2. The molecule has 10 heteroatoms. The number of anilines is 1. The molecule has 3 aromatic rings. The number of hydrogen-bond acceptors (Lipinski definition) is 4. The van der Waals surface area contributed by atoms with E-state index in [1.165, 1.54) is 18.2 Å². The first-order valence-corrected chi connectivity index (χ1v) is 8.16. The van der Waals surface area contributed by atoms with Crippen molar-refractivity contribution >= 4 is 50.2 Å². The number of nitrogens with one attached hydrogen (secondary N) is 1. The van der Waals surface area contributed by atoms with Crippen LogP contribution in [0.4, 0.5) is 18.3 Å². The molecular formula is C16H8ClF3N2O3S. The number of fused-ring (bicyclic) bond motifs is 1. The lowest BCUT2D eigenvalue weighted by atomic mass is 10.1. The van der Waals surface area contributed by atoms with Crippen molar-refractivity contribution in [2.45, 2.75) is 6.18 Å². The molecule has 2 N–H and O–H groups in total. The van der Waals surface area contributed by atoms with Crippen LogP contribution in [-0.2, 0) is 6.18 Å². The number of nitrogens with zero attached hydrogens (tertiary/aromatic N) is 1. The van der Waals surface area contributed by atoms with Crippen LogP contribution in [0, 0.1) is 0 Å². The van der Waals surface area contributed by atoms with E-state index in [1.54, 1.807) is 0 Å². The van der Waals surface area contributed by atoms with Crippen molar-refractivity contribution in [1.29, 1.82) is 0 Å². The normalized spacial score (nSPS) is 11.5. The summed E-state index contributed by atoms with van der Waals surface area (Å²) in [7, 11) is 0. The maximum absolute atomic E-state index is 12.8. The second-order valence-corrected chi connectivity index (χ2v) is 6.59. The molecule has 0 fully saturated rings. The van der Waals surface area contributed by atoms with E-state index in [-0.39, 0.29) is 21.3 Å². The van der Waals surface area contributed by atoms with Crippen LogP contribution >= 0.6 is 22.9 Å². The van der Waals surface area contributed by atoms with Crippen LogP contribution in [0.15, 0.2) is 36.4 Å². The van der Waals surface area contributed by atoms with Gasteiger partial charge in [0.15, 0.2) is 5.13 Å². The smallest absolute Gasteiger partial charge is 0.416 e. The van der Waals surface area contributed by atoms with Gasteiger partial charge in [0.25, 0.3) is 5.91 Å². The molecule has 134 valence electrons. The Bertz CT molecular complexity index is 1030. The van der Waals surface area contributed by atoms with Crippen molar-refractivity contribution < 1.29 is 27.9 Å². The number of carbonyl (C=O) groups is 2. The van der Waals surface area contributed by atoms with Gasteiger partial charge in [0, 0.05) is 0 Å². The Balaban J connectivity index is 1.90. The van der Waals surface area contributed by atoms with Gasteiger partial charge in [0.2, 0.25) is 0 Å². The maximum Gasteiger partial charge on any atom is 0.416 e. The molecule has 2 aromatic carbocycles. The zero-order valence-electron chi connectivity index (χ0n) is 12.6. The number of aromatic carboxylic acids is 1. The van der Waals surface area contributed by atoms with Crippen molar-refractivity contribution in [2.75, 3.05) is 5.32 Å². The zero-order valence-corrected chi connectivity index (χ0v) is 14.2. The number of carboxylic acid groups (broad SMARTS) is 1. The minimum absolute atomic E-state index is 0.0555. The van der Waals surface area contributed by atoms with E-state index in [0.29, 0.717) is 16.3 Å². The zero-order chi connectivity index (χ0) is 19.1. The van der Waals surface area contributed by atoms with E-state index in [2.05, 4.69) is 10.3 Å². The average molecular weight is 401 g/mol. The molecule has 0 saturated carbocycles. The maximum atomic E-state index is 12.8. The van der Waals surface area contributed by atoms with Crippen LogP contribution in [0.2, 0.25) is 5.02 Å². The molecule has 5 nitrogen and oxygen atoms in total. The molecule has 1 amide bonds. The van der Waals surface area contributed by atoms with Crippen LogP contribution in [0.1, 0.15) is 26.3 Å². The number of halogens is 4. The lowest BCUT2D eigenvalue weighted by Gasteiger charge is -2.09. The molecular weight excluding hydrogens is 393 g/mol. The van der Waals surface area contributed by atoms with E-state index in [4.69, 9.17) is 16.7 Å². The average Bonchev–Trinajstić information content (AvgIpc) is 2.95. The van der Waals surface area contributed by atoms with Crippen LogP contribution in [0.3, 0.4) is 0 Å². The highest BCUT2D eigenvalue weighted by Gasteiger charge is 2.31. The molecule has 0 atom stereocenters. The third-order valence-electron chi connectivity index (χ3n) is 3.39. The number of thiazole rings is 1. The molecule has 0 aliphatic carbocycles. The van der Waals surface area contributed by atoms with Gasteiger partial charge in [-0.05, 0) is 36.4 Å². The summed E-state index contributed by atoms with van der Waals surface area (Å²) in [6.07, 6.45) is -4.61. The van der Waals surface area contributed by atoms with E-state index in [0.717, 1.165) is 23.5 Å². The highest BCUT2D eigenvalue weighted by Crippen LogP contribution is 2.32. The summed E-state index contributed by atoms with van der Waals surface area (Å²) in [5, 5.41) is 11.3. The number of carboxylic acids is 1. The van der Waals surface area contributed by atoms with Gasteiger partial charge in [-0.3, -0.25) is 10.1 Å². The van der Waals surface area contributed by atoms with Crippen LogP contribution in [0.5, 0.6) is 0 Å². The van der Waals surface area contributed by atoms with E-state index in [1.807, 2.05) is 0 Å². The Kier molecular flexibility index (Phi) is 4.59. The largest absolute Gasteiger partial charge is 0.478 e. The second kappa shape index (κ2) is 6.58. The summed E-state index contributed by atoms with van der Waals surface area (Å²) in [4.78, 5) is 27.4. The summed E-state index contributed by atoms with van der Waals surface area (Å²) < 4.78 is 38.9. The third kappa shape index (κ3) is 3.63. The Hall–Kier alpha value is -2.65. The highest BCUT2D eigenvalue weighted by molar-refractivity contribution is 7.22. The van der Waals surface area contributed by atoms with Gasteiger partial charge in [0.1, 0.15) is 0 Å². The summed E-state index contributed by atoms with van der Waals surface area (Å²) in [6, 6.07) is 6.67. The molecule has 0 saturated heterocycles. The molecule has 0 bridgehead atoms. The summed E-state index contributed by atoms with van der Waals surface area (Å²) >= 11 is 6.83. The fourth-order valence-corrected chi connectivity index (χ4v) is 3.25. The van der Waals surface area contributed by atoms with Crippen molar-refractivity contribution in [3.8, 4) is 0 Å². The topological polar surface area (TPSA) is 79.3 Å². The van der Waals surface area contributed by atoms with Gasteiger partial charge < -0.3 is 5.11 Å². The minimum Gasteiger partial charge on any atom is -0.478 e. The molecule has 3 rings (SSSR count). The van der Waals surface area contributed by atoms with E-state index >= 15 is 0 Å².